The lowest BCUT2D eigenvalue weighted by atomic mass is 10.1. The lowest BCUT2D eigenvalue weighted by Crippen LogP contribution is -2.24. The molecule has 0 saturated carbocycles. The second-order valence-corrected chi connectivity index (χ2v) is 10.1. The van der Waals surface area contributed by atoms with Crippen LogP contribution in [0.25, 0.3) is 11.4 Å². The summed E-state index contributed by atoms with van der Waals surface area (Å²) >= 11 is 13.2. The molecule has 0 aliphatic carbocycles. The third-order valence-corrected chi connectivity index (χ3v) is 7.01. The Morgan fingerprint density at radius 3 is 2.35 bits per heavy atom. The zero-order chi connectivity index (χ0) is 25.6. The molecule has 1 aliphatic heterocycles. The standard InChI is InChI=1S/C30H31Cl2N3O2/c1-2-3-14-35-26(29(32)33-30(35)24-9-5-4-6-10-24)21-34(19-22-8-7-11-25(31)17-22)20-23-12-13-27-28(18-23)37-16-15-36-27/h4-13,17-18H,2-3,14-16,19-21H2,1H3. The molecular weight excluding hydrogens is 505 g/mol. The first-order chi connectivity index (χ1) is 18.1. The van der Waals surface area contributed by atoms with E-state index in [1.54, 1.807) is 0 Å². The van der Waals surface area contributed by atoms with Crippen LogP contribution < -0.4 is 9.47 Å². The van der Waals surface area contributed by atoms with Gasteiger partial charge in [0.05, 0.1) is 5.69 Å². The van der Waals surface area contributed by atoms with Crippen molar-refractivity contribution in [3.63, 3.8) is 0 Å². The molecule has 1 aromatic heterocycles. The van der Waals surface area contributed by atoms with E-state index in [-0.39, 0.29) is 0 Å². The molecule has 4 aromatic rings. The lowest BCUT2D eigenvalue weighted by Gasteiger charge is -2.25. The largest absolute Gasteiger partial charge is 0.486 e. The summed E-state index contributed by atoms with van der Waals surface area (Å²) in [6, 6.07) is 24.5. The van der Waals surface area contributed by atoms with Crippen LogP contribution in [0.15, 0.2) is 72.8 Å². The smallest absolute Gasteiger partial charge is 0.161 e. The van der Waals surface area contributed by atoms with Crippen LogP contribution in [0.5, 0.6) is 11.5 Å². The molecule has 0 amide bonds. The summed E-state index contributed by atoms with van der Waals surface area (Å²) in [6.45, 7) is 6.28. The van der Waals surface area contributed by atoms with Gasteiger partial charge in [0, 0.05) is 36.8 Å². The average molecular weight is 537 g/mol. The minimum Gasteiger partial charge on any atom is -0.486 e. The van der Waals surface area contributed by atoms with Crippen molar-refractivity contribution in [3.8, 4) is 22.9 Å². The van der Waals surface area contributed by atoms with Gasteiger partial charge in [0.15, 0.2) is 16.7 Å². The van der Waals surface area contributed by atoms with E-state index in [1.165, 1.54) is 0 Å². The van der Waals surface area contributed by atoms with Gasteiger partial charge in [-0.25, -0.2) is 4.98 Å². The van der Waals surface area contributed by atoms with Crippen LogP contribution in [0, 0.1) is 0 Å². The van der Waals surface area contributed by atoms with Gasteiger partial charge in [-0.3, -0.25) is 4.90 Å². The first kappa shape index (κ1) is 25.7. The van der Waals surface area contributed by atoms with Crippen LogP contribution in [0.3, 0.4) is 0 Å². The molecule has 37 heavy (non-hydrogen) atoms. The van der Waals surface area contributed by atoms with Crippen LogP contribution in [-0.4, -0.2) is 27.7 Å². The minimum absolute atomic E-state index is 0.549. The van der Waals surface area contributed by atoms with Gasteiger partial charge in [0.2, 0.25) is 0 Å². The van der Waals surface area contributed by atoms with Crippen molar-refractivity contribution in [3.05, 3.63) is 99.8 Å². The highest BCUT2D eigenvalue weighted by atomic mass is 35.5. The van der Waals surface area contributed by atoms with Crippen molar-refractivity contribution in [1.29, 1.82) is 0 Å². The van der Waals surface area contributed by atoms with Gasteiger partial charge in [-0.1, -0.05) is 85.1 Å². The second kappa shape index (κ2) is 12.0. The molecule has 5 rings (SSSR count). The summed E-state index contributed by atoms with van der Waals surface area (Å²) in [4.78, 5) is 7.19. The maximum absolute atomic E-state index is 6.83. The second-order valence-electron chi connectivity index (χ2n) is 9.30. The van der Waals surface area contributed by atoms with Crippen molar-refractivity contribution in [1.82, 2.24) is 14.5 Å². The number of imidazole rings is 1. The summed E-state index contributed by atoms with van der Waals surface area (Å²) in [7, 11) is 0. The summed E-state index contributed by atoms with van der Waals surface area (Å²) < 4.78 is 13.8. The molecule has 3 aromatic carbocycles. The third kappa shape index (κ3) is 6.30. The molecule has 2 heterocycles. The summed E-state index contributed by atoms with van der Waals surface area (Å²) in [5.74, 6) is 2.50. The van der Waals surface area contributed by atoms with Crippen molar-refractivity contribution < 1.29 is 9.47 Å². The fourth-order valence-electron chi connectivity index (χ4n) is 4.69. The number of rotatable bonds is 10. The third-order valence-electron chi connectivity index (χ3n) is 6.47. The Kier molecular flexibility index (Phi) is 8.34. The van der Waals surface area contributed by atoms with Crippen molar-refractivity contribution in [2.45, 2.75) is 45.9 Å². The number of ether oxygens (including phenoxy) is 2. The summed E-state index contributed by atoms with van der Waals surface area (Å²) in [5, 5.41) is 1.28. The van der Waals surface area contributed by atoms with Crippen molar-refractivity contribution in [2.75, 3.05) is 13.2 Å². The number of aromatic nitrogens is 2. The number of halogens is 2. The monoisotopic (exact) mass is 535 g/mol. The quantitative estimate of drug-likeness (QED) is 0.209. The van der Waals surface area contributed by atoms with Gasteiger partial charge < -0.3 is 14.0 Å². The predicted molar refractivity (Wildman–Crippen MR) is 149 cm³/mol. The van der Waals surface area contributed by atoms with E-state index in [1.807, 2.05) is 42.5 Å². The Morgan fingerprint density at radius 1 is 0.838 bits per heavy atom. The molecule has 0 unspecified atom stereocenters. The van der Waals surface area contributed by atoms with Gasteiger partial charge in [0.1, 0.15) is 19.0 Å². The molecule has 5 nitrogen and oxygen atoms in total. The number of unbranched alkanes of at least 4 members (excludes halogenated alkanes) is 1. The Labute approximate surface area is 228 Å². The maximum Gasteiger partial charge on any atom is 0.161 e. The molecule has 0 N–H and O–H groups in total. The Balaban J connectivity index is 1.48. The minimum atomic E-state index is 0.549. The Bertz CT molecular complexity index is 1340. The molecule has 0 radical (unpaired) electrons. The van der Waals surface area contributed by atoms with Crippen LogP contribution in [0.2, 0.25) is 10.2 Å². The van der Waals surface area contributed by atoms with E-state index >= 15 is 0 Å². The van der Waals surface area contributed by atoms with Gasteiger partial charge in [-0.15, -0.1) is 0 Å². The number of benzene rings is 3. The lowest BCUT2D eigenvalue weighted by molar-refractivity contribution is 0.170. The SMILES string of the molecule is CCCCn1c(-c2ccccc2)nc(Cl)c1CN(Cc1cccc(Cl)c1)Cc1ccc2c(c1)OCCO2. The van der Waals surface area contributed by atoms with E-state index in [4.69, 9.17) is 37.7 Å². The van der Waals surface area contributed by atoms with Gasteiger partial charge in [-0.05, 0) is 41.8 Å². The molecule has 0 fully saturated rings. The predicted octanol–water partition coefficient (Wildman–Crippen LogP) is 7.63. The number of hydrogen-bond donors (Lipinski definition) is 0. The molecule has 0 spiro atoms. The summed E-state index contributed by atoms with van der Waals surface area (Å²) in [6.07, 6.45) is 2.14. The number of hydrogen-bond acceptors (Lipinski definition) is 4. The van der Waals surface area contributed by atoms with Crippen LogP contribution in [-0.2, 0) is 26.2 Å². The van der Waals surface area contributed by atoms with E-state index in [9.17, 15) is 0 Å². The molecule has 0 atom stereocenters. The Morgan fingerprint density at radius 2 is 1.59 bits per heavy atom. The molecule has 192 valence electrons. The van der Waals surface area contributed by atoms with Crippen molar-refractivity contribution >= 4 is 23.2 Å². The summed E-state index contributed by atoms with van der Waals surface area (Å²) in [5.41, 5.74) is 4.38. The molecule has 0 bridgehead atoms. The van der Waals surface area contributed by atoms with Crippen LogP contribution in [0.1, 0.15) is 36.6 Å². The Hall–Kier alpha value is -2.99. The van der Waals surface area contributed by atoms with Gasteiger partial charge in [0.25, 0.3) is 0 Å². The molecule has 0 saturated heterocycles. The highest BCUT2D eigenvalue weighted by molar-refractivity contribution is 6.30. The fraction of sp³-hybridized carbons (Fsp3) is 0.300. The fourth-order valence-corrected chi connectivity index (χ4v) is 5.14. The molecule has 7 heteroatoms. The normalized spacial score (nSPS) is 12.8. The van der Waals surface area contributed by atoms with Crippen LogP contribution >= 0.6 is 23.2 Å². The highest BCUT2D eigenvalue weighted by Crippen LogP contribution is 2.32. The molecular formula is C30H31Cl2N3O2. The van der Waals surface area contributed by atoms with Crippen molar-refractivity contribution in [2.24, 2.45) is 0 Å². The number of fused-ring (bicyclic) bond motifs is 1. The zero-order valence-corrected chi connectivity index (χ0v) is 22.5. The maximum atomic E-state index is 6.83. The first-order valence-corrected chi connectivity index (χ1v) is 13.5. The van der Waals surface area contributed by atoms with E-state index in [0.717, 1.165) is 64.1 Å². The van der Waals surface area contributed by atoms with E-state index in [0.29, 0.717) is 38.0 Å². The molecule has 1 aliphatic rings. The van der Waals surface area contributed by atoms with Gasteiger partial charge >= 0.3 is 0 Å². The zero-order valence-electron chi connectivity index (χ0n) is 21.0. The van der Waals surface area contributed by atoms with E-state index < -0.39 is 0 Å². The average Bonchev–Trinajstić information content (AvgIpc) is 3.22. The highest BCUT2D eigenvalue weighted by Gasteiger charge is 2.21. The van der Waals surface area contributed by atoms with Gasteiger partial charge in [-0.2, -0.15) is 0 Å². The van der Waals surface area contributed by atoms with E-state index in [2.05, 4.69) is 46.7 Å². The number of nitrogens with zero attached hydrogens (tertiary/aromatic N) is 3. The van der Waals surface area contributed by atoms with Crippen LogP contribution in [0.4, 0.5) is 0 Å². The topological polar surface area (TPSA) is 39.5 Å². The first-order valence-electron chi connectivity index (χ1n) is 12.8.